The maximum atomic E-state index is 4.76. The van der Waals surface area contributed by atoms with Gasteiger partial charge in [-0.3, -0.25) is 5.01 Å². The molecule has 4 heteroatoms. The molecule has 1 aliphatic heterocycles. The Labute approximate surface area is 138 Å². The Morgan fingerprint density at radius 3 is 2.87 bits per heavy atom. The minimum atomic E-state index is 1.01. The molecule has 0 aliphatic carbocycles. The van der Waals surface area contributed by atoms with Crippen LogP contribution in [0, 0.1) is 0 Å². The maximum Gasteiger partial charge on any atom is 0.228 e. The van der Waals surface area contributed by atoms with Crippen molar-refractivity contribution in [3.05, 3.63) is 53.9 Å². The average molecular weight is 309 g/mol. The van der Waals surface area contributed by atoms with E-state index in [4.69, 9.17) is 5.10 Å². The highest BCUT2D eigenvalue weighted by Crippen LogP contribution is 2.29. The lowest BCUT2D eigenvalue weighted by Gasteiger charge is -2.28. The highest BCUT2D eigenvalue weighted by Gasteiger charge is 2.15. The van der Waals surface area contributed by atoms with Gasteiger partial charge in [0.2, 0.25) is 5.69 Å². The van der Waals surface area contributed by atoms with Gasteiger partial charge in [-0.05, 0) is 49.6 Å². The third-order valence-corrected chi connectivity index (χ3v) is 4.51. The van der Waals surface area contributed by atoms with Crippen molar-refractivity contribution in [3.8, 4) is 0 Å². The number of nitrogens with zero attached hydrogens (tertiary/aromatic N) is 4. The van der Waals surface area contributed by atoms with Gasteiger partial charge in [-0.25, -0.2) is 0 Å². The fourth-order valence-corrected chi connectivity index (χ4v) is 3.21. The van der Waals surface area contributed by atoms with E-state index in [9.17, 15) is 0 Å². The second-order valence-electron chi connectivity index (χ2n) is 6.24. The molecule has 0 atom stereocenters. The second kappa shape index (κ2) is 6.41. The molecule has 120 valence electrons. The van der Waals surface area contributed by atoms with Crippen LogP contribution in [0.1, 0.15) is 24.6 Å². The quantitative estimate of drug-likeness (QED) is 0.494. The number of anilines is 2. The molecule has 0 saturated carbocycles. The van der Waals surface area contributed by atoms with Crippen LogP contribution in [0.3, 0.4) is 0 Å². The van der Waals surface area contributed by atoms with E-state index in [0.29, 0.717) is 0 Å². The fourth-order valence-electron chi connectivity index (χ4n) is 3.21. The fraction of sp³-hybridized carbons (Fsp3) is 0.368. The van der Waals surface area contributed by atoms with Crippen molar-refractivity contribution in [2.75, 3.05) is 30.5 Å². The zero-order valence-corrected chi connectivity index (χ0v) is 14.5. The molecule has 0 fully saturated rings. The van der Waals surface area contributed by atoms with E-state index >= 15 is 0 Å². The van der Waals surface area contributed by atoms with Crippen molar-refractivity contribution in [1.82, 2.24) is 0 Å². The summed E-state index contributed by atoms with van der Waals surface area (Å²) in [6.45, 7) is 3.20. The molecule has 1 aromatic carbocycles. The number of hydrogen-bond donors (Lipinski definition) is 0. The summed E-state index contributed by atoms with van der Waals surface area (Å²) in [5.74, 6) is 0. The predicted molar refractivity (Wildman–Crippen MR) is 96.3 cm³/mol. The van der Waals surface area contributed by atoms with Gasteiger partial charge in [0.15, 0.2) is 6.20 Å². The van der Waals surface area contributed by atoms with Crippen LogP contribution < -0.4 is 14.5 Å². The van der Waals surface area contributed by atoms with Gasteiger partial charge in [-0.2, -0.15) is 9.67 Å². The van der Waals surface area contributed by atoms with Crippen molar-refractivity contribution < 1.29 is 4.57 Å². The molecule has 2 heterocycles. The highest BCUT2D eigenvalue weighted by atomic mass is 15.4. The maximum absolute atomic E-state index is 4.76. The Balaban J connectivity index is 1.87. The Kier molecular flexibility index (Phi) is 4.33. The van der Waals surface area contributed by atoms with Gasteiger partial charge in [-0.15, -0.1) is 0 Å². The third-order valence-electron chi connectivity index (χ3n) is 4.51. The normalized spacial score (nSPS) is 14.6. The molecular weight excluding hydrogens is 284 g/mol. The lowest BCUT2D eigenvalue weighted by Crippen LogP contribution is -2.35. The summed E-state index contributed by atoms with van der Waals surface area (Å²) in [5, 5.41) is 6.73. The molecular formula is C19H25N4+. The molecule has 2 aromatic rings. The van der Waals surface area contributed by atoms with Gasteiger partial charge in [0, 0.05) is 38.5 Å². The standard InChI is InChI=1S/C19H25N4/c1-15(18-9-5-6-12-21(18)2)20-23(4)17-10-11-19-16(14-17)8-7-13-22(19)3/h5-6,9-12,14H,7-8,13H2,1-4H3/q+1. The molecule has 4 nitrogen and oxygen atoms in total. The van der Waals surface area contributed by atoms with Crippen molar-refractivity contribution >= 4 is 17.1 Å². The molecule has 0 radical (unpaired) electrons. The van der Waals surface area contributed by atoms with Crippen molar-refractivity contribution in [2.45, 2.75) is 19.8 Å². The van der Waals surface area contributed by atoms with E-state index in [1.54, 1.807) is 0 Å². The molecule has 0 saturated heterocycles. The summed E-state index contributed by atoms with van der Waals surface area (Å²) < 4.78 is 2.09. The molecule has 1 aliphatic rings. The van der Waals surface area contributed by atoms with E-state index in [1.165, 1.54) is 17.7 Å². The first-order valence-electron chi connectivity index (χ1n) is 8.14. The molecule has 0 spiro atoms. The van der Waals surface area contributed by atoms with E-state index < -0.39 is 0 Å². The van der Waals surface area contributed by atoms with Gasteiger partial charge in [0.05, 0.1) is 5.69 Å². The number of aryl methyl sites for hydroxylation is 2. The van der Waals surface area contributed by atoms with E-state index in [-0.39, 0.29) is 0 Å². The Morgan fingerprint density at radius 1 is 1.26 bits per heavy atom. The molecule has 0 unspecified atom stereocenters. The van der Waals surface area contributed by atoms with Gasteiger partial charge >= 0.3 is 0 Å². The highest BCUT2D eigenvalue weighted by molar-refractivity contribution is 5.96. The largest absolute Gasteiger partial charge is 0.374 e. The summed E-state index contributed by atoms with van der Waals surface area (Å²) in [4.78, 5) is 2.33. The number of rotatable bonds is 3. The average Bonchev–Trinajstić information content (AvgIpc) is 2.55. The minimum absolute atomic E-state index is 1.01. The zero-order valence-electron chi connectivity index (χ0n) is 14.5. The predicted octanol–water partition coefficient (Wildman–Crippen LogP) is 2.75. The van der Waals surface area contributed by atoms with Crippen LogP contribution in [-0.4, -0.2) is 26.4 Å². The summed E-state index contributed by atoms with van der Waals surface area (Å²) in [5.41, 5.74) is 6.03. The minimum Gasteiger partial charge on any atom is -0.374 e. The number of pyridine rings is 1. The van der Waals surface area contributed by atoms with Gasteiger partial charge < -0.3 is 4.90 Å². The first-order chi connectivity index (χ1) is 11.1. The number of hydrogen-bond acceptors (Lipinski definition) is 3. The molecule has 0 bridgehead atoms. The molecule has 0 N–H and O–H groups in total. The van der Waals surface area contributed by atoms with Crippen LogP contribution >= 0.6 is 0 Å². The number of aromatic nitrogens is 1. The number of fused-ring (bicyclic) bond motifs is 1. The monoisotopic (exact) mass is 309 g/mol. The van der Waals surface area contributed by atoms with Crippen LogP contribution in [0.4, 0.5) is 11.4 Å². The topological polar surface area (TPSA) is 22.7 Å². The SMILES string of the molecule is C/C(=N\N(C)c1ccc2c(c1)CCCN2C)c1cccc[n+]1C. The summed E-state index contributed by atoms with van der Waals surface area (Å²) in [7, 11) is 6.23. The van der Waals surface area contributed by atoms with Gasteiger partial charge in [0.25, 0.3) is 0 Å². The van der Waals surface area contributed by atoms with E-state index in [0.717, 1.165) is 30.1 Å². The van der Waals surface area contributed by atoms with Gasteiger partial charge in [-0.1, -0.05) is 0 Å². The van der Waals surface area contributed by atoms with Crippen LogP contribution in [0.5, 0.6) is 0 Å². The number of benzene rings is 1. The summed E-state index contributed by atoms with van der Waals surface area (Å²) >= 11 is 0. The third kappa shape index (κ3) is 3.21. The molecule has 0 amide bonds. The van der Waals surface area contributed by atoms with E-state index in [2.05, 4.69) is 47.7 Å². The van der Waals surface area contributed by atoms with Crippen LogP contribution in [0.25, 0.3) is 0 Å². The van der Waals surface area contributed by atoms with E-state index in [1.807, 2.05) is 37.4 Å². The van der Waals surface area contributed by atoms with Gasteiger partial charge in [0.1, 0.15) is 12.8 Å². The second-order valence-corrected chi connectivity index (χ2v) is 6.24. The Hall–Kier alpha value is -2.36. The molecule has 23 heavy (non-hydrogen) atoms. The van der Waals surface area contributed by atoms with Crippen molar-refractivity contribution in [1.29, 1.82) is 0 Å². The number of hydrazone groups is 1. The first kappa shape index (κ1) is 15.5. The smallest absolute Gasteiger partial charge is 0.228 e. The first-order valence-corrected chi connectivity index (χ1v) is 8.14. The lowest BCUT2D eigenvalue weighted by atomic mass is 10.0. The summed E-state index contributed by atoms with van der Waals surface area (Å²) in [6.07, 6.45) is 4.42. The van der Waals surface area contributed by atoms with Crippen LogP contribution in [0.15, 0.2) is 47.7 Å². The zero-order chi connectivity index (χ0) is 16.4. The van der Waals surface area contributed by atoms with Crippen LogP contribution in [-0.2, 0) is 13.5 Å². The van der Waals surface area contributed by atoms with Crippen molar-refractivity contribution in [2.24, 2.45) is 12.1 Å². The Bertz CT molecular complexity index is 736. The molecule has 1 aromatic heterocycles. The summed E-state index contributed by atoms with van der Waals surface area (Å²) in [6, 6.07) is 12.8. The molecule has 3 rings (SSSR count). The lowest BCUT2D eigenvalue weighted by molar-refractivity contribution is -0.672. The van der Waals surface area contributed by atoms with Crippen LogP contribution in [0.2, 0.25) is 0 Å². The Morgan fingerprint density at radius 2 is 2.09 bits per heavy atom. The van der Waals surface area contributed by atoms with Crippen molar-refractivity contribution in [3.63, 3.8) is 0 Å².